The average Bonchev–Trinajstić information content (AvgIpc) is 2.20. The van der Waals surface area contributed by atoms with E-state index in [1.54, 1.807) is 6.20 Å². The molecule has 0 unspecified atom stereocenters. The van der Waals surface area contributed by atoms with Crippen molar-refractivity contribution in [2.75, 3.05) is 7.11 Å². The van der Waals surface area contributed by atoms with E-state index in [9.17, 15) is 0 Å². The zero-order valence-corrected chi connectivity index (χ0v) is 8.91. The highest BCUT2D eigenvalue weighted by atomic mass is 17.2. The molecular weight excluding hydrogens is 166 g/mol. The van der Waals surface area contributed by atoms with E-state index in [1.165, 1.54) is 13.2 Å². The predicted molar refractivity (Wildman–Crippen MR) is 56.5 cm³/mol. The lowest BCUT2D eigenvalue weighted by Crippen LogP contribution is -1.98. The van der Waals surface area contributed by atoms with Crippen LogP contribution in [0.5, 0.6) is 0 Å². The van der Waals surface area contributed by atoms with Crippen LogP contribution < -0.4 is 0 Å². The van der Waals surface area contributed by atoms with E-state index < -0.39 is 0 Å². The summed E-state index contributed by atoms with van der Waals surface area (Å²) in [5.74, 6) is 0.359. The minimum Gasteiger partial charge on any atom is -0.317 e. The topological polar surface area (TPSA) is 30.8 Å². The summed E-state index contributed by atoms with van der Waals surface area (Å²) in [6, 6.07) is 0. The van der Waals surface area contributed by atoms with Gasteiger partial charge < -0.3 is 4.89 Å². The second-order valence-electron chi connectivity index (χ2n) is 1.71. The fraction of sp³-hybridized carbons (Fsp3) is 0.500. The highest BCUT2D eigenvalue weighted by molar-refractivity contribution is 5.86. The third-order valence-electron chi connectivity index (χ3n) is 0.886. The zero-order chi connectivity index (χ0) is 10.5. The fourth-order valence-corrected chi connectivity index (χ4v) is 0.425. The Labute approximate surface area is 80.7 Å². The molecule has 0 fully saturated rings. The Hall–Kier alpha value is -1.09. The molecule has 0 heterocycles. The summed E-state index contributed by atoms with van der Waals surface area (Å²) in [6.45, 7) is 9.51. The lowest BCUT2D eigenvalue weighted by atomic mass is 10.5. The van der Waals surface area contributed by atoms with Crippen LogP contribution >= 0.6 is 0 Å². The summed E-state index contributed by atoms with van der Waals surface area (Å²) in [4.78, 5) is 12.9. The SMILES string of the molecule is C=CC(=N/C=C\CC)OOC.CC. The highest BCUT2D eigenvalue weighted by Crippen LogP contribution is 1.87. The molecule has 0 aromatic carbocycles. The Kier molecular flexibility index (Phi) is 15.0. The first-order chi connectivity index (χ1) is 6.35. The number of hydrogen-bond donors (Lipinski definition) is 0. The molecule has 0 aliphatic carbocycles. The maximum Gasteiger partial charge on any atom is 0.255 e. The van der Waals surface area contributed by atoms with E-state index in [-0.39, 0.29) is 0 Å². The van der Waals surface area contributed by atoms with Gasteiger partial charge in [-0.2, -0.15) is 4.89 Å². The first-order valence-corrected chi connectivity index (χ1v) is 4.41. The van der Waals surface area contributed by atoms with Gasteiger partial charge in [0.05, 0.1) is 7.11 Å². The molecule has 0 atom stereocenters. The second-order valence-corrected chi connectivity index (χ2v) is 1.71. The van der Waals surface area contributed by atoms with Gasteiger partial charge in [-0.05, 0) is 12.5 Å². The van der Waals surface area contributed by atoms with Gasteiger partial charge in [0, 0.05) is 6.20 Å². The summed E-state index contributed by atoms with van der Waals surface area (Å²) in [5, 5.41) is 0. The van der Waals surface area contributed by atoms with Crippen molar-refractivity contribution < 1.29 is 9.78 Å². The molecule has 0 amide bonds. The lowest BCUT2D eigenvalue weighted by Gasteiger charge is -1.96. The van der Waals surface area contributed by atoms with Crippen molar-refractivity contribution in [1.82, 2.24) is 0 Å². The van der Waals surface area contributed by atoms with Crippen LogP contribution in [0, 0.1) is 0 Å². The van der Waals surface area contributed by atoms with Gasteiger partial charge in [0.1, 0.15) is 0 Å². The quantitative estimate of drug-likeness (QED) is 0.291. The van der Waals surface area contributed by atoms with Crippen molar-refractivity contribution in [1.29, 1.82) is 0 Å². The normalized spacial score (nSPS) is 10.6. The second kappa shape index (κ2) is 13.5. The Balaban J connectivity index is 0. The van der Waals surface area contributed by atoms with Gasteiger partial charge in [-0.15, -0.1) is 0 Å². The van der Waals surface area contributed by atoms with Crippen molar-refractivity contribution >= 4 is 5.90 Å². The van der Waals surface area contributed by atoms with Gasteiger partial charge in [-0.1, -0.05) is 33.4 Å². The minimum atomic E-state index is 0.359. The monoisotopic (exact) mass is 185 g/mol. The molecule has 0 saturated carbocycles. The first kappa shape index (κ1) is 14.4. The minimum absolute atomic E-state index is 0.359. The molecule has 0 aromatic heterocycles. The number of nitrogens with zero attached hydrogens (tertiary/aromatic N) is 1. The first-order valence-electron chi connectivity index (χ1n) is 4.41. The van der Waals surface area contributed by atoms with Crippen molar-refractivity contribution in [3.8, 4) is 0 Å². The lowest BCUT2D eigenvalue weighted by molar-refractivity contribution is -0.193. The molecule has 0 radical (unpaired) electrons. The van der Waals surface area contributed by atoms with E-state index in [0.717, 1.165) is 6.42 Å². The average molecular weight is 185 g/mol. The van der Waals surface area contributed by atoms with E-state index in [4.69, 9.17) is 0 Å². The van der Waals surface area contributed by atoms with Crippen LogP contribution in [-0.2, 0) is 9.78 Å². The smallest absolute Gasteiger partial charge is 0.255 e. The standard InChI is InChI=1S/C8H13NO2.C2H6/c1-4-6-7-9-8(5-2)11-10-3;1-2/h5-7H,2,4H2,1,3H3;1-2H3/b7-6-,9-8?;. The number of aliphatic imine (C=N–C) groups is 1. The van der Waals surface area contributed by atoms with Gasteiger partial charge in [0.2, 0.25) is 0 Å². The molecular formula is C10H19NO2. The van der Waals surface area contributed by atoms with Crippen molar-refractivity contribution in [3.05, 3.63) is 24.9 Å². The molecule has 3 heteroatoms. The van der Waals surface area contributed by atoms with Gasteiger partial charge in [0.25, 0.3) is 5.90 Å². The summed E-state index contributed by atoms with van der Waals surface area (Å²) < 4.78 is 0. The summed E-state index contributed by atoms with van der Waals surface area (Å²) >= 11 is 0. The van der Waals surface area contributed by atoms with Gasteiger partial charge >= 0.3 is 0 Å². The van der Waals surface area contributed by atoms with E-state index in [0.29, 0.717) is 5.90 Å². The largest absolute Gasteiger partial charge is 0.317 e. The van der Waals surface area contributed by atoms with Crippen molar-refractivity contribution in [2.24, 2.45) is 4.99 Å². The molecule has 76 valence electrons. The molecule has 13 heavy (non-hydrogen) atoms. The van der Waals surface area contributed by atoms with Gasteiger partial charge in [-0.3, -0.25) is 0 Å². The molecule has 0 aromatic rings. The third kappa shape index (κ3) is 10.9. The summed E-state index contributed by atoms with van der Waals surface area (Å²) in [6.07, 6.45) is 5.98. The number of rotatable bonds is 4. The maximum atomic E-state index is 4.62. The third-order valence-corrected chi connectivity index (χ3v) is 0.886. The maximum absolute atomic E-state index is 4.62. The zero-order valence-electron chi connectivity index (χ0n) is 8.91. The van der Waals surface area contributed by atoms with Crippen molar-refractivity contribution in [3.63, 3.8) is 0 Å². The van der Waals surface area contributed by atoms with E-state index in [2.05, 4.69) is 21.3 Å². The van der Waals surface area contributed by atoms with Gasteiger partial charge in [0.15, 0.2) is 0 Å². The Morgan fingerprint density at radius 2 is 2.08 bits per heavy atom. The fourth-order valence-electron chi connectivity index (χ4n) is 0.425. The van der Waals surface area contributed by atoms with Crippen LogP contribution in [0.2, 0.25) is 0 Å². The molecule has 0 aliphatic heterocycles. The van der Waals surface area contributed by atoms with Gasteiger partial charge in [-0.25, -0.2) is 4.99 Å². The van der Waals surface area contributed by atoms with Crippen LogP contribution in [-0.4, -0.2) is 13.0 Å². The highest BCUT2D eigenvalue weighted by Gasteiger charge is 1.88. The molecule has 0 aliphatic rings. The number of allylic oxidation sites excluding steroid dienone is 1. The van der Waals surface area contributed by atoms with E-state index >= 15 is 0 Å². The summed E-state index contributed by atoms with van der Waals surface area (Å²) in [7, 11) is 1.42. The van der Waals surface area contributed by atoms with Crippen LogP contribution in [0.3, 0.4) is 0 Å². The van der Waals surface area contributed by atoms with Crippen LogP contribution in [0.15, 0.2) is 29.9 Å². The predicted octanol–water partition coefficient (Wildman–Crippen LogP) is 3.10. The van der Waals surface area contributed by atoms with Crippen molar-refractivity contribution in [2.45, 2.75) is 27.2 Å². The number of hydrogen-bond acceptors (Lipinski definition) is 3. The molecule has 0 rings (SSSR count). The van der Waals surface area contributed by atoms with Crippen LogP contribution in [0.25, 0.3) is 0 Å². The Morgan fingerprint density at radius 3 is 2.46 bits per heavy atom. The molecule has 0 bridgehead atoms. The molecule has 0 saturated heterocycles. The Bertz CT molecular complexity index is 162. The molecule has 0 spiro atoms. The molecule has 0 N–H and O–H groups in total. The van der Waals surface area contributed by atoms with E-state index in [1.807, 2.05) is 26.8 Å². The summed E-state index contributed by atoms with van der Waals surface area (Å²) in [5.41, 5.74) is 0. The van der Waals surface area contributed by atoms with Crippen LogP contribution in [0.4, 0.5) is 0 Å². The van der Waals surface area contributed by atoms with Crippen LogP contribution in [0.1, 0.15) is 27.2 Å². The Morgan fingerprint density at radius 1 is 1.46 bits per heavy atom. The molecule has 3 nitrogen and oxygen atoms in total.